The largest absolute Gasteiger partial charge is 0.469 e. The van der Waals surface area contributed by atoms with Crippen molar-refractivity contribution in [2.24, 2.45) is 0 Å². The second-order valence-corrected chi connectivity index (χ2v) is 1.83. The van der Waals surface area contributed by atoms with Gasteiger partial charge in [0.05, 0.1) is 14.2 Å². The monoisotopic (exact) mass is 130 g/mol. The fourth-order valence-electron chi connectivity index (χ4n) is 0.576. The fourth-order valence-corrected chi connectivity index (χ4v) is 0.576. The summed E-state index contributed by atoms with van der Waals surface area (Å²) in [5.41, 5.74) is 1.14. The Balaban J connectivity index is 4.01. The van der Waals surface area contributed by atoms with Gasteiger partial charge in [-0.05, 0) is 13.3 Å². The van der Waals surface area contributed by atoms with Crippen molar-refractivity contribution in [3.8, 4) is 0 Å². The molecule has 0 rings (SSSR count). The molecule has 0 aliphatic heterocycles. The Morgan fingerprint density at radius 2 is 1.67 bits per heavy atom. The molecule has 0 saturated heterocycles. The summed E-state index contributed by atoms with van der Waals surface area (Å²) in [6, 6.07) is 0. The van der Waals surface area contributed by atoms with E-state index in [1.807, 2.05) is 6.92 Å². The molecule has 2 heteroatoms. The van der Waals surface area contributed by atoms with Crippen LogP contribution in [0.5, 0.6) is 0 Å². The zero-order chi connectivity index (χ0) is 7.28. The van der Waals surface area contributed by atoms with E-state index in [9.17, 15) is 0 Å². The van der Waals surface area contributed by atoms with Crippen LogP contribution >= 0.6 is 0 Å². The Bertz CT molecular complexity index is 99.5. The minimum Gasteiger partial charge on any atom is -0.469 e. The van der Waals surface area contributed by atoms with E-state index in [1.165, 1.54) is 0 Å². The number of allylic oxidation sites excluding steroid dienone is 1. The maximum atomic E-state index is 4.91. The lowest BCUT2D eigenvalue weighted by molar-refractivity contribution is 0.0901. The first-order valence-corrected chi connectivity index (χ1v) is 3.04. The molecule has 0 heterocycles. The van der Waals surface area contributed by atoms with Gasteiger partial charge in [0.2, 0.25) is 0 Å². The average molecular weight is 130 g/mol. The van der Waals surface area contributed by atoms with Gasteiger partial charge in [-0.2, -0.15) is 0 Å². The summed E-state index contributed by atoms with van der Waals surface area (Å²) in [6.45, 7) is 4.05. The van der Waals surface area contributed by atoms with Gasteiger partial charge in [-0.1, -0.05) is 6.92 Å². The van der Waals surface area contributed by atoms with Gasteiger partial charge < -0.3 is 9.47 Å². The smallest absolute Gasteiger partial charge is 0.277 e. The number of hydrogen-bond acceptors (Lipinski definition) is 2. The molecule has 0 aromatic carbocycles. The zero-order valence-electron chi connectivity index (χ0n) is 6.52. The van der Waals surface area contributed by atoms with Crippen LogP contribution in [0.2, 0.25) is 0 Å². The third kappa shape index (κ3) is 2.40. The lowest BCUT2D eigenvalue weighted by Gasteiger charge is -2.06. The van der Waals surface area contributed by atoms with Crippen LogP contribution in [-0.2, 0) is 9.47 Å². The predicted molar refractivity (Wildman–Crippen MR) is 37.0 cm³/mol. The molecule has 54 valence electrons. The van der Waals surface area contributed by atoms with Crippen molar-refractivity contribution in [1.29, 1.82) is 0 Å². The van der Waals surface area contributed by atoms with Gasteiger partial charge in [-0.15, -0.1) is 0 Å². The Morgan fingerprint density at radius 3 is 1.78 bits per heavy atom. The molecular formula is C7H14O2. The van der Waals surface area contributed by atoms with Crippen molar-refractivity contribution in [2.45, 2.75) is 20.3 Å². The van der Waals surface area contributed by atoms with E-state index >= 15 is 0 Å². The molecule has 0 aromatic rings. The molecule has 0 atom stereocenters. The Morgan fingerprint density at radius 1 is 1.22 bits per heavy atom. The summed E-state index contributed by atoms with van der Waals surface area (Å²) in [4.78, 5) is 0. The molecule has 0 bridgehead atoms. The van der Waals surface area contributed by atoms with Crippen LogP contribution in [-0.4, -0.2) is 14.2 Å². The van der Waals surface area contributed by atoms with Gasteiger partial charge >= 0.3 is 0 Å². The van der Waals surface area contributed by atoms with E-state index in [-0.39, 0.29) is 0 Å². The lowest BCUT2D eigenvalue weighted by atomic mass is 10.2. The highest BCUT2D eigenvalue weighted by Crippen LogP contribution is 2.07. The second kappa shape index (κ2) is 4.24. The molecule has 0 unspecified atom stereocenters. The highest BCUT2D eigenvalue weighted by atomic mass is 16.7. The van der Waals surface area contributed by atoms with Crippen LogP contribution in [0.25, 0.3) is 0 Å². The van der Waals surface area contributed by atoms with Gasteiger partial charge in [0, 0.05) is 5.57 Å². The average Bonchev–Trinajstić information content (AvgIpc) is 1.90. The molecule has 0 aliphatic carbocycles. The van der Waals surface area contributed by atoms with Crippen LogP contribution in [0, 0.1) is 0 Å². The molecule has 0 aromatic heterocycles. The van der Waals surface area contributed by atoms with Gasteiger partial charge in [0.15, 0.2) is 0 Å². The lowest BCUT2D eigenvalue weighted by Crippen LogP contribution is -1.93. The topological polar surface area (TPSA) is 18.5 Å². The normalized spacial score (nSPS) is 8.44. The molecule has 0 amide bonds. The van der Waals surface area contributed by atoms with Crippen molar-refractivity contribution in [3.63, 3.8) is 0 Å². The van der Waals surface area contributed by atoms with Gasteiger partial charge in [-0.3, -0.25) is 0 Å². The number of hydrogen-bond donors (Lipinski definition) is 0. The maximum absolute atomic E-state index is 4.91. The standard InChI is InChI=1S/C7H14O2/c1-5-6(2)7(8-3)9-4/h5H2,1-4H3. The van der Waals surface area contributed by atoms with E-state index in [2.05, 4.69) is 6.92 Å². The molecular weight excluding hydrogens is 116 g/mol. The summed E-state index contributed by atoms with van der Waals surface area (Å²) in [7, 11) is 3.22. The van der Waals surface area contributed by atoms with Crippen LogP contribution in [0.1, 0.15) is 20.3 Å². The van der Waals surface area contributed by atoms with E-state index in [1.54, 1.807) is 14.2 Å². The predicted octanol–water partition coefficient (Wildman–Crippen LogP) is 1.92. The summed E-state index contributed by atoms with van der Waals surface area (Å²) in [5.74, 6) is 0.637. The van der Waals surface area contributed by atoms with Crippen molar-refractivity contribution < 1.29 is 9.47 Å². The van der Waals surface area contributed by atoms with Gasteiger partial charge in [0.25, 0.3) is 5.95 Å². The Kier molecular flexibility index (Phi) is 3.93. The van der Waals surface area contributed by atoms with Gasteiger partial charge in [0.1, 0.15) is 0 Å². The van der Waals surface area contributed by atoms with E-state index in [4.69, 9.17) is 9.47 Å². The maximum Gasteiger partial charge on any atom is 0.277 e. The highest BCUT2D eigenvalue weighted by molar-refractivity contribution is 4.98. The molecule has 0 radical (unpaired) electrons. The first-order chi connectivity index (χ1) is 4.26. The second-order valence-electron chi connectivity index (χ2n) is 1.83. The van der Waals surface area contributed by atoms with Crippen LogP contribution in [0.15, 0.2) is 11.5 Å². The van der Waals surface area contributed by atoms with Crippen LogP contribution in [0.4, 0.5) is 0 Å². The first-order valence-electron chi connectivity index (χ1n) is 3.04. The highest BCUT2D eigenvalue weighted by Gasteiger charge is 1.97. The molecule has 0 saturated carbocycles. The zero-order valence-corrected chi connectivity index (χ0v) is 6.52. The Hall–Kier alpha value is -0.660. The quantitative estimate of drug-likeness (QED) is 0.543. The van der Waals surface area contributed by atoms with Crippen molar-refractivity contribution in [2.75, 3.05) is 14.2 Å². The summed E-state index contributed by atoms with van der Waals surface area (Å²) in [5, 5.41) is 0. The minimum atomic E-state index is 0.637. The number of methoxy groups -OCH3 is 2. The van der Waals surface area contributed by atoms with E-state index in [0.717, 1.165) is 12.0 Å². The molecule has 9 heavy (non-hydrogen) atoms. The molecule has 2 nitrogen and oxygen atoms in total. The van der Waals surface area contributed by atoms with Crippen molar-refractivity contribution in [1.82, 2.24) is 0 Å². The SMILES string of the molecule is CCC(C)=C(OC)OC. The molecule has 0 aliphatic rings. The summed E-state index contributed by atoms with van der Waals surface area (Å²) in [6.07, 6.45) is 0.969. The van der Waals surface area contributed by atoms with Crippen LogP contribution in [0.3, 0.4) is 0 Å². The van der Waals surface area contributed by atoms with E-state index in [0.29, 0.717) is 5.95 Å². The van der Waals surface area contributed by atoms with Crippen molar-refractivity contribution >= 4 is 0 Å². The number of rotatable bonds is 3. The third-order valence-corrected chi connectivity index (χ3v) is 1.25. The molecule has 0 spiro atoms. The van der Waals surface area contributed by atoms with Crippen molar-refractivity contribution in [3.05, 3.63) is 11.5 Å². The summed E-state index contributed by atoms with van der Waals surface area (Å²) >= 11 is 0. The fraction of sp³-hybridized carbons (Fsp3) is 0.714. The third-order valence-electron chi connectivity index (χ3n) is 1.25. The molecule has 0 fully saturated rings. The minimum absolute atomic E-state index is 0.637. The van der Waals surface area contributed by atoms with Gasteiger partial charge in [-0.25, -0.2) is 0 Å². The van der Waals surface area contributed by atoms with E-state index < -0.39 is 0 Å². The van der Waals surface area contributed by atoms with Crippen LogP contribution < -0.4 is 0 Å². The first kappa shape index (κ1) is 8.34. The summed E-state index contributed by atoms with van der Waals surface area (Å²) < 4.78 is 9.82. The molecule has 0 N–H and O–H groups in total. The Labute approximate surface area is 56.5 Å². The number of ether oxygens (including phenoxy) is 2.